The number of rotatable bonds is 3. The van der Waals surface area contributed by atoms with Gasteiger partial charge in [-0.3, -0.25) is 9.89 Å². The fourth-order valence-electron chi connectivity index (χ4n) is 1.64. The second-order valence-corrected chi connectivity index (χ2v) is 4.41. The summed E-state index contributed by atoms with van der Waals surface area (Å²) in [5.41, 5.74) is 0.700. The maximum absolute atomic E-state index is 13.1. The third-order valence-corrected chi connectivity index (χ3v) is 2.38. The summed E-state index contributed by atoms with van der Waals surface area (Å²) in [6.07, 6.45) is 0.420. The van der Waals surface area contributed by atoms with Gasteiger partial charge in [-0.2, -0.15) is 5.10 Å². The fraction of sp³-hybridized carbons (Fsp3) is 0.333. The van der Waals surface area contributed by atoms with Crippen LogP contribution in [0.5, 0.6) is 0 Å². The van der Waals surface area contributed by atoms with E-state index in [1.807, 2.05) is 13.8 Å². The van der Waals surface area contributed by atoms with Crippen LogP contribution >= 0.6 is 0 Å². The average molecular weight is 235 g/mol. The number of nitrogens with one attached hydrogen (secondary N) is 2. The quantitative estimate of drug-likeness (QED) is 0.859. The van der Waals surface area contributed by atoms with Crippen LogP contribution in [0.1, 0.15) is 20.3 Å². The number of carbonyl (C=O) groups is 1. The molecule has 0 aliphatic heterocycles. The van der Waals surface area contributed by atoms with Gasteiger partial charge in [-0.25, -0.2) is 4.39 Å². The maximum Gasteiger partial charge on any atom is 0.225 e. The normalized spacial score (nSPS) is 11.1. The third kappa shape index (κ3) is 2.61. The number of carbonyl (C=O) groups excluding carboxylic acids is 1. The summed E-state index contributed by atoms with van der Waals surface area (Å²) in [5, 5.41) is 9.96. The van der Waals surface area contributed by atoms with Crippen molar-refractivity contribution in [3.05, 3.63) is 24.0 Å². The molecule has 2 rings (SSSR count). The molecule has 0 atom stereocenters. The molecule has 90 valence electrons. The number of H-pyrrole nitrogens is 1. The molecule has 0 saturated heterocycles. The zero-order valence-corrected chi connectivity index (χ0v) is 9.75. The number of nitrogens with zero attached hydrogens (tertiary/aromatic N) is 1. The van der Waals surface area contributed by atoms with Crippen molar-refractivity contribution in [1.29, 1.82) is 0 Å². The fourth-order valence-corrected chi connectivity index (χ4v) is 1.64. The van der Waals surface area contributed by atoms with Crippen molar-refractivity contribution in [2.24, 2.45) is 5.92 Å². The number of anilines is 1. The molecule has 0 radical (unpaired) electrons. The van der Waals surface area contributed by atoms with E-state index in [9.17, 15) is 9.18 Å². The van der Waals surface area contributed by atoms with Crippen LogP contribution < -0.4 is 5.32 Å². The third-order valence-electron chi connectivity index (χ3n) is 2.38. The lowest BCUT2D eigenvalue weighted by atomic mass is 10.1. The second-order valence-electron chi connectivity index (χ2n) is 4.41. The van der Waals surface area contributed by atoms with Crippen LogP contribution in [0, 0.1) is 11.7 Å². The van der Waals surface area contributed by atoms with Crippen LogP contribution in [0.3, 0.4) is 0 Å². The standard InChI is InChI=1S/C12H14FN3O/c1-7(2)5-11(17)14-12-9-6-8(13)3-4-10(9)15-16-12/h3-4,6-7H,5H2,1-2H3,(H2,14,15,16,17). The second kappa shape index (κ2) is 4.53. The first kappa shape index (κ1) is 11.6. The molecule has 0 unspecified atom stereocenters. The van der Waals surface area contributed by atoms with Crippen molar-refractivity contribution in [3.8, 4) is 0 Å². The first-order valence-corrected chi connectivity index (χ1v) is 5.49. The SMILES string of the molecule is CC(C)CC(=O)Nc1n[nH]c2ccc(F)cc12. The summed E-state index contributed by atoms with van der Waals surface area (Å²) < 4.78 is 13.1. The van der Waals surface area contributed by atoms with Crippen molar-refractivity contribution >= 4 is 22.6 Å². The lowest BCUT2D eigenvalue weighted by Gasteiger charge is -2.04. The van der Waals surface area contributed by atoms with Gasteiger partial charge in [0.05, 0.1) is 5.52 Å². The summed E-state index contributed by atoms with van der Waals surface area (Å²) in [6, 6.07) is 4.29. The molecule has 17 heavy (non-hydrogen) atoms. The van der Waals surface area contributed by atoms with Crippen molar-refractivity contribution in [2.45, 2.75) is 20.3 Å². The Hall–Kier alpha value is -1.91. The Morgan fingerprint density at radius 3 is 3.00 bits per heavy atom. The lowest BCUT2D eigenvalue weighted by molar-refractivity contribution is -0.116. The van der Waals surface area contributed by atoms with Gasteiger partial charge in [-0.15, -0.1) is 0 Å². The number of benzene rings is 1. The molecule has 0 saturated carbocycles. The molecule has 2 aromatic rings. The minimum atomic E-state index is -0.349. The van der Waals surface area contributed by atoms with Gasteiger partial charge >= 0.3 is 0 Å². The van der Waals surface area contributed by atoms with Crippen LogP contribution in [0.2, 0.25) is 0 Å². The van der Waals surface area contributed by atoms with E-state index in [1.165, 1.54) is 12.1 Å². The number of amides is 1. The Morgan fingerprint density at radius 2 is 2.29 bits per heavy atom. The topological polar surface area (TPSA) is 57.8 Å². The molecule has 0 aliphatic rings. The van der Waals surface area contributed by atoms with E-state index in [0.29, 0.717) is 23.1 Å². The van der Waals surface area contributed by atoms with Crippen LogP contribution in [0.15, 0.2) is 18.2 Å². The zero-order chi connectivity index (χ0) is 12.4. The summed E-state index contributed by atoms with van der Waals surface area (Å²) in [7, 11) is 0. The van der Waals surface area contributed by atoms with Crippen LogP contribution in [-0.4, -0.2) is 16.1 Å². The molecule has 4 nitrogen and oxygen atoms in total. The molecule has 0 spiro atoms. The van der Waals surface area contributed by atoms with Gasteiger partial charge in [0, 0.05) is 11.8 Å². The van der Waals surface area contributed by atoms with Crippen molar-refractivity contribution in [2.75, 3.05) is 5.32 Å². The Labute approximate surface area is 98.2 Å². The highest BCUT2D eigenvalue weighted by molar-refractivity contribution is 5.99. The van der Waals surface area contributed by atoms with E-state index in [1.54, 1.807) is 6.07 Å². The summed E-state index contributed by atoms with van der Waals surface area (Å²) >= 11 is 0. The summed E-state index contributed by atoms with van der Waals surface area (Å²) in [4.78, 5) is 11.6. The first-order valence-electron chi connectivity index (χ1n) is 5.49. The molecule has 0 fully saturated rings. The first-order chi connectivity index (χ1) is 8.06. The Kier molecular flexibility index (Phi) is 3.08. The van der Waals surface area contributed by atoms with Gasteiger partial charge in [-0.1, -0.05) is 13.8 Å². The van der Waals surface area contributed by atoms with Gasteiger partial charge in [0.25, 0.3) is 0 Å². The van der Waals surface area contributed by atoms with Crippen LogP contribution in [-0.2, 0) is 4.79 Å². The van der Waals surface area contributed by atoms with Crippen LogP contribution in [0.4, 0.5) is 10.2 Å². The molecule has 1 aromatic heterocycles. The van der Waals surface area contributed by atoms with Gasteiger partial charge < -0.3 is 5.32 Å². The minimum Gasteiger partial charge on any atom is -0.309 e. The molecular weight excluding hydrogens is 221 g/mol. The van der Waals surface area contributed by atoms with Gasteiger partial charge in [0.1, 0.15) is 5.82 Å². The number of aromatic amines is 1. The molecule has 5 heteroatoms. The Bertz CT molecular complexity index is 548. The summed E-state index contributed by atoms with van der Waals surface area (Å²) in [5.74, 6) is 0.193. The highest BCUT2D eigenvalue weighted by atomic mass is 19.1. The molecule has 1 heterocycles. The monoisotopic (exact) mass is 235 g/mol. The van der Waals surface area contributed by atoms with E-state index >= 15 is 0 Å². The Morgan fingerprint density at radius 1 is 1.53 bits per heavy atom. The van der Waals surface area contributed by atoms with Crippen molar-refractivity contribution in [1.82, 2.24) is 10.2 Å². The average Bonchev–Trinajstić information content (AvgIpc) is 2.60. The number of aromatic nitrogens is 2. The smallest absolute Gasteiger partial charge is 0.225 e. The van der Waals surface area contributed by atoms with E-state index < -0.39 is 0 Å². The zero-order valence-electron chi connectivity index (χ0n) is 9.75. The number of hydrogen-bond donors (Lipinski definition) is 2. The molecule has 0 aliphatic carbocycles. The Balaban J connectivity index is 2.24. The van der Waals surface area contributed by atoms with Crippen molar-refractivity contribution < 1.29 is 9.18 Å². The number of halogens is 1. The molecule has 2 N–H and O–H groups in total. The van der Waals surface area contributed by atoms with E-state index in [4.69, 9.17) is 0 Å². The van der Waals surface area contributed by atoms with E-state index in [-0.39, 0.29) is 17.6 Å². The molecule has 1 amide bonds. The van der Waals surface area contributed by atoms with Gasteiger partial charge in [0.15, 0.2) is 5.82 Å². The van der Waals surface area contributed by atoms with Crippen molar-refractivity contribution in [3.63, 3.8) is 0 Å². The molecule has 0 bridgehead atoms. The molecule has 1 aromatic carbocycles. The number of fused-ring (bicyclic) bond motifs is 1. The van der Waals surface area contributed by atoms with E-state index in [0.717, 1.165) is 0 Å². The van der Waals surface area contributed by atoms with Gasteiger partial charge in [-0.05, 0) is 24.1 Å². The maximum atomic E-state index is 13.1. The number of hydrogen-bond acceptors (Lipinski definition) is 2. The lowest BCUT2D eigenvalue weighted by Crippen LogP contribution is -2.14. The summed E-state index contributed by atoms with van der Waals surface area (Å²) in [6.45, 7) is 3.92. The predicted octanol–water partition coefficient (Wildman–Crippen LogP) is 2.69. The van der Waals surface area contributed by atoms with Crippen LogP contribution in [0.25, 0.3) is 10.9 Å². The minimum absolute atomic E-state index is 0.113. The van der Waals surface area contributed by atoms with E-state index in [2.05, 4.69) is 15.5 Å². The molecular formula is C12H14FN3O. The largest absolute Gasteiger partial charge is 0.309 e. The van der Waals surface area contributed by atoms with Gasteiger partial charge in [0.2, 0.25) is 5.91 Å². The predicted molar refractivity (Wildman–Crippen MR) is 64.1 cm³/mol. The highest BCUT2D eigenvalue weighted by Gasteiger charge is 2.11. The highest BCUT2D eigenvalue weighted by Crippen LogP contribution is 2.21.